The Bertz CT molecular complexity index is 1710. The maximum Gasteiger partial charge on any atom is 0.168 e. The minimum atomic E-state index is -3.12. The quantitative estimate of drug-likeness (QED) is 0.263. The van der Waals surface area contributed by atoms with E-state index in [0.29, 0.717) is 0 Å². The number of aromatic nitrogens is 1. The van der Waals surface area contributed by atoms with Crippen LogP contribution in [0.3, 0.4) is 0 Å². The van der Waals surface area contributed by atoms with Crippen molar-refractivity contribution in [3.05, 3.63) is 132 Å². The van der Waals surface area contributed by atoms with Gasteiger partial charge in [0.1, 0.15) is 0 Å². The van der Waals surface area contributed by atoms with Crippen LogP contribution in [0.5, 0.6) is 0 Å². The predicted molar refractivity (Wildman–Crippen MR) is 147 cm³/mol. The lowest BCUT2D eigenvalue weighted by molar-refractivity contribution is 0.587. The van der Waals surface area contributed by atoms with E-state index in [0.717, 1.165) is 44.6 Å². The van der Waals surface area contributed by atoms with Crippen molar-refractivity contribution in [3.8, 4) is 22.3 Å². The average molecular weight is 470 g/mol. The van der Waals surface area contributed by atoms with Crippen LogP contribution in [0.15, 0.2) is 127 Å². The molecule has 1 N–H and O–H groups in total. The molecule has 0 bridgehead atoms. The SMILES string of the molecule is O=P1(c2cccc(-c3ccccc3)c2)C2=CC=CCC2c2[nH]c3ccccc3c2-c2ccccc21. The van der Waals surface area contributed by atoms with Crippen LogP contribution in [-0.2, 0) is 4.57 Å². The van der Waals surface area contributed by atoms with Gasteiger partial charge in [-0.3, -0.25) is 0 Å². The van der Waals surface area contributed by atoms with Crippen LogP contribution in [-0.4, -0.2) is 4.98 Å². The van der Waals surface area contributed by atoms with E-state index >= 15 is 4.57 Å². The second-order valence-electron chi connectivity index (χ2n) is 9.31. The predicted octanol–water partition coefficient (Wildman–Crippen LogP) is 7.76. The minimum Gasteiger partial charge on any atom is -0.357 e. The van der Waals surface area contributed by atoms with Crippen molar-refractivity contribution in [2.75, 3.05) is 0 Å². The van der Waals surface area contributed by atoms with E-state index in [2.05, 4.69) is 96.0 Å². The van der Waals surface area contributed by atoms with E-state index in [9.17, 15) is 0 Å². The zero-order valence-electron chi connectivity index (χ0n) is 19.2. The Hall–Kier alpha value is -3.87. The summed E-state index contributed by atoms with van der Waals surface area (Å²) in [5.74, 6) is 0.0426. The largest absolute Gasteiger partial charge is 0.357 e. The molecule has 35 heavy (non-hydrogen) atoms. The Kier molecular flexibility index (Phi) is 4.59. The molecule has 168 valence electrons. The summed E-state index contributed by atoms with van der Waals surface area (Å²) in [6.07, 6.45) is 7.23. The number of H-pyrrole nitrogens is 1. The summed E-state index contributed by atoms with van der Waals surface area (Å²) in [7, 11) is -3.12. The molecule has 0 spiro atoms. The molecule has 2 atom stereocenters. The van der Waals surface area contributed by atoms with E-state index < -0.39 is 7.14 Å². The number of rotatable bonds is 2. The first-order chi connectivity index (χ1) is 17.2. The standard InChI is InChI=1S/C32H24NOP/c34-35(24-14-10-13-23(21-24)22-11-2-1-3-12-22)29-19-8-5-16-26(29)31-25-15-4-7-18-28(25)33-32(31)27-17-6-9-20-30(27)35/h1-16,18-21,27,33H,17H2. The molecule has 2 unspecified atom stereocenters. The summed E-state index contributed by atoms with van der Waals surface area (Å²) in [6.45, 7) is 0. The first kappa shape index (κ1) is 20.5. The molecular weight excluding hydrogens is 445 g/mol. The molecule has 0 saturated heterocycles. The number of benzene rings is 4. The van der Waals surface area contributed by atoms with Crippen molar-refractivity contribution >= 4 is 28.7 Å². The van der Waals surface area contributed by atoms with Crippen LogP contribution in [0.25, 0.3) is 33.2 Å². The van der Waals surface area contributed by atoms with Crippen LogP contribution in [0, 0.1) is 0 Å². The maximum atomic E-state index is 15.6. The normalized spacial score (nSPS) is 20.5. The number of allylic oxidation sites excluding steroid dienone is 4. The fourth-order valence-corrected chi connectivity index (χ4v) is 9.08. The van der Waals surface area contributed by atoms with Gasteiger partial charge in [0.2, 0.25) is 0 Å². The molecule has 4 aromatic carbocycles. The molecule has 1 aliphatic heterocycles. The highest BCUT2D eigenvalue weighted by atomic mass is 31.2. The summed E-state index contributed by atoms with van der Waals surface area (Å²) >= 11 is 0. The monoisotopic (exact) mass is 469 g/mol. The summed E-state index contributed by atoms with van der Waals surface area (Å²) in [5, 5.41) is 4.03. The molecule has 0 fully saturated rings. The first-order valence-corrected chi connectivity index (χ1v) is 13.8. The topological polar surface area (TPSA) is 32.9 Å². The van der Waals surface area contributed by atoms with Gasteiger partial charge in [-0.25, -0.2) is 0 Å². The maximum absolute atomic E-state index is 15.6. The van der Waals surface area contributed by atoms with Gasteiger partial charge in [-0.15, -0.1) is 0 Å². The van der Waals surface area contributed by atoms with Gasteiger partial charge in [-0.05, 0) is 35.2 Å². The summed E-state index contributed by atoms with van der Waals surface area (Å²) in [5.41, 5.74) is 6.79. The fraction of sp³-hybridized carbons (Fsp3) is 0.0625. The van der Waals surface area contributed by atoms with Crippen molar-refractivity contribution in [3.63, 3.8) is 0 Å². The smallest absolute Gasteiger partial charge is 0.168 e. The van der Waals surface area contributed by atoms with Gasteiger partial charge in [0.25, 0.3) is 0 Å². The molecule has 7 rings (SSSR count). The molecule has 0 amide bonds. The highest BCUT2D eigenvalue weighted by molar-refractivity contribution is 7.82. The van der Waals surface area contributed by atoms with E-state index in [1.165, 1.54) is 16.6 Å². The molecule has 5 aromatic rings. The average Bonchev–Trinajstić information content (AvgIpc) is 3.29. The van der Waals surface area contributed by atoms with Crippen LogP contribution < -0.4 is 10.6 Å². The molecule has 3 heteroatoms. The second-order valence-corrected chi connectivity index (χ2v) is 12.0. The zero-order valence-corrected chi connectivity index (χ0v) is 20.1. The van der Waals surface area contributed by atoms with Gasteiger partial charge in [-0.2, -0.15) is 0 Å². The Balaban J connectivity index is 1.56. The Morgan fingerprint density at radius 2 is 1.54 bits per heavy atom. The fourth-order valence-electron chi connectivity index (χ4n) is 5.82. The van der Waals surface area contributed by atoms with Gasteiger partial charge in [-0.1, -0.05) is 109 Å². The van der Waals surface area contributed by atoms with Crippen molar-refractivity contribution in [2.45, 2.75) is 12.3 Å². The zero-order chi connectivity index (χ0) is 23.4. The molecule has 2 heterocycles. The second kappa shape index (κ2) is 7.83. The third-order valence-electron chi connectivity index (χ3n) is 7.41. The number of fused-ring (bicyclic) bond motifs is 7. The third-order valence-corrected chi connectivity index (χ3v) is 10.7. The minimum absolute atomic E-state index is 0.0426. The van der Waals surface area contributed by atoms with Gasteiger partial charge < -0.3 is 9.55 Å². The number of hydrogen-bond acceptors (Lipinski definition) is 1. The van der Waals surface area contributed by atoms with Crippen LogP contribution >= 0.6 is 7.14 Å². The molecule has 2 aliphatic rings. The highest BCUT2D eigenvalue weighted by Gasteiger charge is 2.43. The lowest BCUT2D eigenvalue weighted by atomic mass is 9.91. The molecular formula is C32H24NOP. The van der Waals surface area contributed by atoms with Crippen molar-refractivity contribution in [1.29, 1.82) is 0 Å². The van der Waals surface area contributed by atoms with Crippen molar-refractivity contribution in [2.24, 2.45) is 0 Å². The number of para-hydroxylation sites is 1. The lowest BCUT2D eigenvalue weighted by Crippen LogP contribution is -2.20. The molecule has 0 radical (unpaired) electrons. The van der Waals surface area contributed by atoms with E-state index in [1.807, 2.05) is 30.3 Å². The summed E-state index contributed by atoms with van der Waals surface area (Å²) < 4.78 is 15.6. The Morgan fingerprint density at radius 3 is 2.46 bits per heavy atom. The van der Waals surface area contributed by atoms with Crippen LogP contribution in [0.2, 0.25) is 0 Å². The third kappa shape index (κ3) is 3.00. The van der Waals surface area contributed by atoms with E-state index in [1.54, 1.807) is 0 Å². The van der Waals surface area contributed by atoms with Crippen LogP contribution in [0.4, 0.5) is 0 Å². The molecule has 1 aromatic heterocycles. The van der Waals surface area contributed by atoms with Crippen molar-refractivity contribution in [1.82, 2.24) is 4.98 Å². The van der Waals surface area contributed by atoms with Gasteiger partial charge in [0.15, 0.2) is 7.14 Å². The number of nitrogens with one attached hydrogen (secondary N) is 1. The summed E-state index contributed by atoms with van der Waals surface area (Å²) in [6, 6.07) is 35.5. The molecule has 2 nitrogen and oxygen atoms in total. The van der Waals surface area contributed by atoms with Gasteiger partial charge in [0, 0.05) is 44.0 Å². The van der Waals surface area contributed by atoms with Crippen molar-refractivity contribution < 1.29 is 4.57 Å². The highest BCUT2D eigenvalue weighted by Crippen LogP contribution is 2.63. The van der Waals surface area contributed by atoms with Crippen LogP contribution in [0.1, 0.15) is 18.0 Å². The molecule has 1 aliphatic carbocycles. The Labute approximate surface area is 205 Å². The Morgan fingerprint density at radius 1 is 0.771 bits per heavy atom. The van der Waals surface area contributed by atoms with Gasteiger partial charge >= 0.3 is 0 Å². The van der Waals surface area contributed by atoms with Gasteiger partial charge in [0.05, 0.1) is 0 Å². The van der Waals surface area contributed by atoms with E-state index in [-0.39, 0.29) is 5.92 Å². The number of hydrogen-bond donors (Lipinski definition) is 1. The number of aromatic amines is 1. The first-order valence-electron chi connectivity index (χ1n) is 12.1. The molecule has 0 saturated carbocycles. The van der Waals surface area contributed by atoms with E-state index in [4.69, 9.17) is 0 Å². The summed E-state index contributed by atoms with van der Waals surface area (Å²) in [4.78, 5) is 3.73. The lowest BCUT2D eigenvalue weighted by Gasteiger charge is -2.28.